The van der Waals surface area contributed by atoms with Gasteiger partial charge in [-0.05, 0) is 23.8 Å². The molecule has 0 bridgehead atoms. The van der Waals surface area contributed by atoms with E-state index in [0.29, 0.717) is 22.3 Å². The molecule has 0 fully saturated rings. The van der Waals surface area contributed by atoms with E-state index in [1.54, 1.807) is 37.4 Å². The molecule has 2 rings (SSSR count). The highest BCUT2D eigenvalue weighted by molar-refractivity contribution is 6.42. The topological polar surface area (TPSA) is 75.5 Å². The van der Waals surface area contributed by atoms with Gasteiger partial charge in [-0.2, -0.15) is 0 Å². The molecule has 2 aromatic carbocycles. The van der Waals surface area contributed by atoms with Crippen molar-refractivity contribution in [3.8, 4) is 0 Å². The number of nitrogens with one attached hydrogen (secondary N) is 1. The molecule has 126 valence electrons. The van der Waals surface area contributed by atoms with E-state index in [2.05, 4.69) is 5.32 Å². The zero-order valence-corrected chi connectivity index (χ0v) is 14.3. The van der Waals surface area contributed by atoms with Gasteiger partial charge in [-0.15, -0.1) is 0 Å². The van der Waals surface area contributed by atoms with Crippen LogP contribution < -0.4 is 5.32 Å². The van der Waals surface area contributed by atoms with E-state index >= 15 is 0 Å². The number of hydrogen-bond acceptors (Lipinski definition) is 4. The molecule has 24 heavy (non-hydrogen) atoms. The summed E-state index contributed by atoms with van der Waals surface area (Å²) in [4.78, 5) is 23.9. The highest BCUT2D eigenvalue weighted by Gasteiger charge is 2.11. The Hall–Kier alpha value is -2.31. The molecule has 0 saturated carbocycles. The first-order valence-electron chi connectivity index (χ1n) is 7.03. The smallest absolute Gasteiger partial charge is 0.271 e. The maximum Gasteiger partial charge on any atom is 0.271 e. The first-order valence-corrected chi connectivity index (χ1v) is 7.78. The van der Waals surface area contributed by atoms with Crippen LogP contribution >= 0.6 is 23.2 Å². The lowest BCUT2D eigenvalue weighted by Crippen LogP contribution is -2.31. The molecule has 0 aliphatic carbocycles. The molecule has 6 nitrogen and oxygen atoms in total. The van der Waals surface area contributed by atoms with Crippen LogP contribution in [0.1, 0.15) is 5.56 Å². The molecule has 0 aliphatic rings. The summed E-state index contributed by atoms with van der Waals surface area (Å²) in [6, 6.07) is 11.2. The molecule has 1 amide bonds. The minimum atomic E-state index is -0.483. The fraction of sp³-hybridized carbons (Fsp3) is 0.188. The number of hydrogen-bond donors (Lipinski definition) is 1. The molecule has 0 atom stereocenters. The number of likely N-dealkylation sites (N-methyl/N-ethyl adjacent to an activating group) is 1. The Kier molecular flexibility index (Phi) is 6.00. The molecule has 0 spiro atoms. The van der Waals surface area contributed by atoms with Crippen molar-refractivity contribution in [3.63, 3.8) is 0 Å². The Bertz CT molecular complexity index is 768. The molecular weight excluding hydrogens is 353 g/mol. The largest absolute Gasteiger partial charge is 0.376 e. The Labute approximate surface area is 149 Å². The fourth-order valence-corrected chi connectivity index (χ4v) is 2.36. The Morgan fingerprint density at radius 1 is 1.21 bits per heavy atom. The van der Waals surface area contributed by atoms with Crippen LogP contribution in [0.25, 0.3) is 0 Å². The maximum atomic E-state index is 12.2. The monoisotopic (exact) mass is 367 g/mol. The fourth-order valence-electron chi connectivity index (χ4n) is 2.04. The van der Waals surface area contributed by atoms with E-state index in [4.69, 9.17) is 23.2 Å². The summed E-state index contributed by atoms with van der Waals surface area (Å²) in [6.07, 6.45) is 0. The van der Waals surface area contributed by atoms with Gasteiger partial charge in [-0.25, -0.2) is 0 Å². The molecule has 1 N–H and O–H groups in total. The standard InChI is InChI=1S/C16H15Cl2N3O3/c1-20(10-11-5-6-14(17)15(18)7-11)16(22)9-19-12-3-2-4-13(8-12)21(23)24/h2-8,19H,9-10H2,1H3. The number of nitrogens with zero attached hydrogens (tertiary/aromatic N) is 2. The van der Waals surface area contributed by atoms with Gasteiger partial charge in [0.25, 0.3) is 5.69 Å². The second-order valence-corrected chi connectivity index (χ2v) is 5.97. The van der Waals surface area contributed by atoms with Crippen LogP contribution in [0.15, 0.2) is 42.5 Å². The number of amides is 1. The van der Waals surface area contributed by atoms with Crippen molar-refractivity contribution in [3.05, 3.63) is 68.2 Å². The van der Waals surface area contributed by atoms with Crippen molar-refractivity contribution in [2.24, 2.45) is 0 Å². The molecule has 0 heterocycles. The van der Waals surface area contributed by atoms with E-state index in [-0.39, 0.29) is 18.1 Å². The second-order valence-electron chi connectivity index (χ2n) is 5.16. The minimum absolute atomic E-state index is 0.0268. The summed E-state index contributed by atoms with van der Waals surface area (Å²) in [5.74, 6) is -0.160. The van der Waals surface area contributed by atoms with Gasteiger partial charge in [-0.1, -0.05) is 35.3 Å². The van der Waals surface area contributed by atoms with Crippen molar-refractivity contribution in [1.82, 2.24) is 4.90 Å². The lowest BCUT2D eigenvalue weighted by atomic mass is 10.2. The number of nitro benzene ring substituents is 1. The number of halogens is 2. The average Bonchev–Trinajstić information content (AvgIpc) is 2.56. The van der Waals surface area contributed by atoms with E-state index < -0.39 is 4.92 Å². The lowest BCUT2D eigenvalue weighted by molar-refractivity contribution is -0.384. The number of rotatable bonds is 6. The van der Waals surface area contributed by atoms with Gasteiger partial charge < -0.3 is 10.2 Å². The van der Waals surface area contributed by atoms with Gasteiger partial charge in [0.2, 0.25) is 5.91 Å². The first kappa shape index (κ1) is 18.0. The van der Waals surface area contributed by atoms with Crippen LogP contribution in [-0.2, 0) is 11.3 Å². The number of carbonyl (C=O) groups excluding carboxylic acids is 1. The van der Waals surface area contributed by atoms with Gasteiger partial charge in [-0.3, -0.25) is 14.9 Å². The Morgan fingerprint density at radius 2 is 1.96 bits per heavy atom. The van der Waals surface area contributed by atoms with E-state index in [9.17, 15) is 14.9 Å². The predicted molar refractivity (Wildman–Crippen MR) is 94.5 cm³/mol. The normalized spacial score (nSPS) is 10.3. The van der Waals surface area contributed by atoms with E-state index in [1.807, 2.05) is 0 Å². The number of non-ortho nitro benzene ring substituents is 1. The summed E-state index contributed by atoms with van der Waals surface area (Å²) in [7, 11) is 1.67. The predicted octanol–water partition coefficient (Wildman–Crippen LogP) is 3.97. The molecule has 2 aromatic rings. The van der Waals surface area contributed by atoms with Crippen LogP contribution in [0, 0.1) is 10.1 Å². The number of carbonyl (C=O) groups is 1. The third-order valence-electron chi connectivity index (χ3n) is 3.33. The Balaban J connectivity index is 1.93. The van der Waals surface area contributed by atoms with Crippen molar-refractivity contribution in [2.45, 2.75) is 6.54 Å². The third kappa shape index (κ3) is 4.84. The molecule has 0 radical (unpaired) electrons. The van der Waals surface area contributed by atoms with Gasteiger partial charge >= 0.3 is 0 Å². The summed E-state index contributed by atoms with van der Waals surface area (Å²) in [5, 5.41) is 14.5. The summed E-state index contributed by atoms with van der Waals surface area (Å²) < 4.78 is 0. The summed E-state index contributed by atoms with van der Waals surface area (Å²) in [6.45, 7) is 0.408. The van der Waals surface area contributed by atoms with Crippen molar-refractivity contribution < 1.29 is 9.72 Å². The van der Waals surface area contributed by atoms with Gasteiger partial charge in [0.1, 0.15) is 0 Å². The molecular formula is C16H15Cl2N3O3. The van der Waals surface area contributed by atoms with Crippen molar-refractivity contribution in [2.75, 3.05) is 18.9 Å². The molecule has 0 aliphatic heterocycles. The van der Waals surface area contributed by atoms with Crippen molar-refractivity contribution in [1.29, 1.82) is 0 Å². The zero-order chi connectivity index (χ0) is 17.7. The molecule has 8 heteroatoms. The SMILES string of the molecule is CN(Cc1ccc(Cl)c(Cl)c1)C(=O)CNc1cccc([N+](=O)[O-])c1. The number of benzene rings is 2. The van der Waals surface area contributed by atoms with E-state index in [0.717, 1.165) is 5.56 Å². The van der Waals surface area contributed by atoms with Gasteiger partial charge in [0.15, 0.2) is 0 Å². The Morgan fingerprint density at radius 3 is 2.62 bits per heavy atom. The van der Waals surface area contributed by atoms with Gasteiger partial charge in [0.05, 0.1) is 21.5 Å². The zero-order valence-electron chi connectivity index (χ0n) is 12.8. The van der Waals surface area contributed by atoms with E-state index in [1.165, 1.54) is 17.0 Å². The third-order valence-corrected chi connectivity index (χ3v) is 4.07. The summed E-state index contributed by atoms with van der Waals surface area (Å²) >= 11 is 11.8. The van der Waals surface area contributed by atoms with Crippen LogP contribution in [0.4, 0.5) is 11.4 Å². The van der Waals surface area contributed by atoms with Crippen LogP contribution in [-0.4, -0.2) is 29.3 Å². The minimum Gasteiger partial charge on any atom is -0.376 e. The second kappa shape index (κ2) is 7.99. The molecule has 0 aromatic heterocycles. The van der Waals surface area contributed by atoms with Gasteiger partial charge in [0, 0.05) is 31.4 Å². The van der Waals surface area contributed by atoms with Crippen LogP contribution in [0.3, 0.4) is 0 Å². The molecule has 0 unspecified atom stereocenters. The highest BCUT2D eigenvalue weighted by atomic mass is 35.5. The van der Waals surface area contributed by atoms with Crippen molar-refractivity contribution >= 4 is 40.5 Å². The highest BCUT2D eigenvalue weighted by Crippen LogP contribution is 2.23. The van der Waals surface area contributed by atoms with Crippen LogP contribution in [0.2, 0.25) is 10.0 Å². The lowest BCUT2D eigenvalue weighted by Gasteiger charge is -2.18. The summed E-state index contributed by atoms with van der Waals surface area (Å²) in [5.41, 5.74) is 1.34. The average molecular weight is 368 g/mol. The number of nitro groups is 1. The maximum absolute atomic E-state index is 12.2. The molecule has 0 saturated heterocycles. The van der Waals surface area contributed by atoms with Crippen LogP contribution in [0.5, 0.6) is 0 Å². The first-order chi connectivity index (χ1) is 11.4. The quantitative estimate of drug-likeness (QED) is 0.618. The number of anilines is 1.